The maximum absolute atomic E-state index is 11.9. The lowest BCUT2D eigenvalue weighted by Gasteiger charge is -2.09. The quantitative estimate of drug-likeness (QED) is 0.551. The molecule has 0 aliphatic heterocycles. The molecular formula is C22H24N2O5. The highest BCUT2D eigenvalue weighted by Crippen LogP contribution is 2.15. The highest BCUT2D eigenvalue weighted by atomic mass is 16.5. The molecule has 7 heteroatoms. The number of esters is 1. The molecule has 0 unspecified atom stereocenters. The molecule has 0 spiro atoms. The first-order valence-electron chi connectivity index (χ1n) is 9.13. The highest BCUT2D eigenvalue weighted by Gasteiger charge is 2.11. The predicted octanol–water partition coefficient (Wildman–Crippen LogP) is 3.61. The van der Waals surface area contributed by atoms with Crippen molar-refractivity contribution in [1.29, 1.82) is 0 Å². The minimum absolute atomic E-state index is 0.563. The molecule has 2 aromatic carbocycles. The zero-order valence-corrected chi connectivity index (χ0v) is 16.7. The van der Waals surface area contributed by atoms with E-state index in [2.05, 4.69) is 10.6 Å². The summed E-state index contributed by atoms with van der Waals surface area (Å²) >= 11 is 0. The van der Waals surface area contributed by atoms with Crippen molar-refractivity contribution in [3.8, 4) is 5.75 Å². The Labute approximate surface area is 169 Å². The van der Waals surface area contributed by atoms with Gasteiger partial charge in [-0.05, 0) is 56.2 Å². The second-order valence-corrected chi connectivity index (χ2v) is 6.26. The fourth-order valence-electron chi connectivity index (χ4n) is 2.46. The molecule has 2 rings (SSSR count). The summed E-state index contributed by atoms with van der Waals surface area (Å²) in [5.41, 5.74) is 3.31. The first kappa shape index (κ1) is 21.7. The van der Waals surface area contributed by atoms with Crippen molar-refractivity contribution in [2.75, 3.05) is 18.5 Å². The van der Waals surface area contributed by atoms with Crippen molar-refractivity contribution in [3.05, 3.63) is 65.2 Å². The van der Waals surface area contributed by atoms with Crippen LogP contribution in [0.3, 0.4) is 0 Å². The van der Waals surface area contributed by atoms with E-state index in [4.69, 9.17) is 9.47 Å². The molecule has 3 amide bonds. The standard InChI is InChI=1S/C22H24N2O5/c1-4-28-18-9-6-17(7-10-18)8-12-21(26)29-14-20(25)24-22(27)23-19-11-5-15(2)13-16(19)3/h5-13H,4,14H2,1-3H3,(H2,23,24,25,27)/b12-8+. The lowest BCUT2D eigenvalue weighted by Crippen LogP contribution is -2.37. The van der Waals surface area contributed by atoms with Gasteiger partial charge in [-0.1, -0.05) is 29.8 Å². The molecule has 2 aromatic rings. The molecule has 7 nitrogen and oxygen atoms in total. The average molecular weight is 396 g/mol. The highest BCUT2D eigenvalue weighted by molar-refractivity contribution is 6.02. The molecule has 0 saturated heterocycles. The summed E-state index contributed by atoms with van der Waals surface area (Å²) in [7, 11) is 0. The van der Waals surface area contributed by atoms with Crippen LogP contribution in [0.5, 0.6) is 5.75 Å². The number of aryl methyl sites for hydroxylation is 2. The minimum atomic E-state index is -0.727. The number of urea groups is 1. The van der Waals surface area contributed by atoms with E-state index in [1.807, 2.05) is 32.9 Å². The van der Waals surface area contributed by atoms with Gasteiger partial charge in [0.1, 0.15) is 5.75 Å². The van der Waals surface area contributed by atoms with E-state index in [-0.39, 0.29) is 0 Å². The Morgan fingerprint density at radius 1 is 1.03 bits per heavy atom. The minimum Gasteiger partial charge on any atom is -0.494 e. The summed E-state index contributed by atoms with van der Waals surface area (Å²) in [5.74, 6) is -0.679. The Morgan fingerprint density at radius 3 is 2.41 bits per heavy atom. The number of carbonyl (C=O) groups is 3. The van der Waals surface area contributed by atoms with Crippen LogP contribution in [0, 0.1) is 13.8 Å². The molecule has 2 N–H and O–H groups in total. The molecule has 0 aliphatic rings. The van der Waals surface area contributed by atoms with E-state index in [0.29, 0.717) is 12.3 Å². The van der Waals surface area contributed by atoms with E-state index < -0.39 is 24.5 Å². The number of hydrogen-bond acceptors (Lipinski definition) is 5. The Balaban J connectivity index is 1.76. The maximum atomic E-state index is 11.9. The van der Waals surface area contributed by atoms with Gasteiger partial charge in [-0.15, -0.1) is 0 Å². The number of carbonyl (C=O) groups excluding carboxylic acids is 3. The monoisotopic (exact) mass is 396 g/mol. The summed E-state index contributed by atoms with van der Waals surface area (Å²) in [5, 5.41) is 4.69. The third kappa shape index (κ3) is 7.50. The van der Waals surface area contributed by atoms with Gasteiger partial charge < -0.3 is 14.8 Å². The van der Waals surface area contributed by atoms with Crippen LogP contribution in [-0.4, -0.2) is 31.1 Å². The van der Waals surface area contributed by atoms with Crippen LogP contribution in [0.1, 0.15) is 23.6 Å². The number of benzene rings is 2. The van der Waals surface area contributed by atoms with Crippen molar-refractivity contribution in [2.45, 2.75) is 20.8 Å². The maximum Gasteiger partial charge on any atom is 0.331 e. The average Bonchev–Trinajstić information content (AvgIpc) is 2.68. The SMILES string of the molecule is CCOc1ccc(/C=C/C(=O)OCC(=O)NC(=O)Nc2ccc(C)cc2C)cc1. The Morgan fingerprint density at radius 2 is 1.76 bits per heavy atom. The van der Waals surface area contributed by atoms with Gasteiger partial charge >= 0.3 is 12.0 Å². The summed E-state index contributed by atoms with van der Waals surface area (Å²) < 4.78 is 10.2. The molecule has 0 radical (unpaired) electrons. The van der Waals surface area contributed by atoms with E-state index in [0.717, 1.165) is 22.4 Å². The molecular weight excluding hydrogens is 372 g/mol. The number of hydrogen-bond donors (Lipinski definition) is 2. The largest absolute Gasteiger partial charge is 0.494 e. The number of rotatable bonds is 7. The molecule has 0 atom stereocenters. The van der Waals surface area contributed by atoms with Gasteiger partial charge in [0, 0.05) is 11.8 Å². The van der Waals surface area contributed by atoms with Crippen LogP contribution in [-0.2, 0) is 14.3 Å². The predicted molar refractivity (Wildman–Crippen MR) is 111 cm³/mol. The molecule has 152 valence electrons. The summed E-state index contributed by atoms with van der Waals surface area (Å²) in [4.78, 5) is 35.4. The molecule has 29 heavy (non-hydrogen) atoms. The van der Waals surface area contributed by atoms with E-state index >= 15 is 0 Å². The van der Waals surface area contributed by atoms with Crippen molar-refractivity contribution in [2.24, 2.45) is 0 Å². The van der Waals surface area contributed by atoms with Gasteiger partial charge in [0.05, 0.1) is 6.61 Å². The second kappa shape index (κ2) is 10.7. The fraction of sp³-hybridized carbons (Fsp3) is 0.227. The van der Waals surface area contributed by atoms with E-state index in [9.17, 15) is 14.4 Å². The van der Waals surface area contributed by atoms with Crippen LogP contribution in [0.25, 0.3) is 6.08 Å². The van der Waals surface area contributed by atoms with Crippen molar-refractivity contribution in [3.63, 3.8) is 0 Å². The van der Waals surface area contributed by atoms with Crippen LogP contribution in [0.4, 0.5) is 10.5 Å². The number of anilines is 1. The van der Waals surface area contributed by atoms with Gasteiger partial charge in [-0.2, -0.15) is 0 Å². The molecule has 0 fully saturated rings. The smallest absolute Gasteiger partial charge is 0.331 e. The van der Waals surface area contributed by atoms with Crippen LogP contribution in [0.2, 0.25) is 0 Å². The van der Waals surface area contributed by atoms with Gasteiger partial charge in [0.2, 0.25) is 0 Å². The van der Waals surface area contributed by atoms with Gasteiger partial charge in [-0.3, -0.25) is 10.1 Å². The lowest BCUT2D eigenvalue weighted by molar-refractivity contribution is -0.143. The molecule has 0 heterocycles. The first-order valence-corrected chi connectivity index (χ1v) is 9.13. The van der Waals surface area contributed by atoms with Gasteiger partial charge in [0.15, 0.2) is 6.61 Å². The summed E-state index contributed by atoms with van der Waals surface area (Å²) in [6, 6.07) is 12.0. The zero-order valence-electron chi connectivity index (χ0n) is 16.7. The summed E-state index contributed by atoms with van der Waals surface area (Å²) in [6.07, 6.45) is 2.77. The number of ether oxygens (including phenoxy) is 2. The van der Waals surface area contributed by atoms with E-state index in [1.165, 1.54) is 6.08 Å². The molecule has 0 aromatic heterocycles. The Bertz CT molecular complexity index is 904. The Kier molecular flexibility index (Phi) is 7.97. The normalized spacial score (nSPS) is 10.4. The molecule has 0 saturated carbocycles. The van der Waals surface area contributed by atoms with Gasteiger partial charge in [0.25, 0.3) is 5.91 Å². The lowest BCUT2D eigenvalue weighted by atomic mass is 10.1. The number of nitrogens with one attached hydrogen (secondary N) is 2. The van der Waals surface area contributed by atoms with Crippen LogP contribution >= 0.6 is 0 Å². The Hall–Kier alpha value is -3.61. The van der Waals surface area contributed by atoms with Crippen molar-refractivity contribution in [1.82, 2.24) is 5.32 Å². The third-order valence-corrected chi connectivity index (χ3v) is 3.83. The summed E-state index contributed by atoms with van der Waals surface area (Å²) in [6.45, 7) is 5.70. The number of amides is 3. The van der Waals surface area contributed by atoms with Crippen LogP contribution < -0.4 is 15.4 Å². The third-order valence-electron chi connectivity index (χ3n) is 3.83. The topological polar surface area (TPSA) is 93.7 Å². The number of imide groups is 1. The molecule has 0 bridgehead atoms. The van der Waals surface area contributed by atoms with Crippen molar-refractivity contribution < 1.29 is 23.9 Å². The van der Waals surface area contributed by atoms with Crippen molar-refractivity contribution >= 4 is 29.7 Å². The second-order valence-electron chi connectivity index (χ2n) is 6.26. The van der Waals surface area contributed by atoms with Crippen LogP contribution in [0.15, 0.2) is 48.5 Å². The first-order chi connectivity index (χ1) is 13.9. The fourth-order valence-corrected chi connectivity index (χ4v) is 2.46. The molecule has 0 aliphatic carbocycles. The van der Waals surface area contributed by atoms with Gasteiger partial charge in [-0.25, -0.2) is 9.59 Å². The zero-order chi connectivity index (χ0) is 21.2. The van der Waals surface area contributed by atoms with E-state index in [1.54, 1.807) is 36.4 Å².